The molecule has 2 aromatic carbocycles. The van der Waals surface area contributed by atoms with Crippen molar-refractivity contribution in [3.05, 3.63) is 71.3 Å². The smallest absolute Gasteiger partial charge is 0.123 e. The van der Waals surface area contributed by atoms with E-state index in [1.807, 2.05) is 25.2 Å². The fourth-order valence-corrected chi connectivity index (χ4v) is 2.26. The normalized spacial score (nSPS) is 12.1. The summed E-state index contributed by atoms with van der Waals surface area (Å²) in [5.74, 6) is 0. The molecule has 0 N–H and O–H groups in total. The van der Waals surface area contributed by atoms with Crippen molar-refractivity contribution >= 4 is 0 Å². The van der Waals surface area contributed by atoms with Crippen LogP contribution in [0.15, 0.2) is 54.6 Å². The molecule has 1 unspecified atom stereocenters. The average molecular weight is 264 g/mol. The van der Waals surface area contributed by atoms with Crippen LogP contribution in [0, 0.1) is 18.3 Å². The van der Waals surface area contributed by atoms with Gasteiger partial charge in [-0.25, -0.2) is 0 Å². The van der Waals surface area contributed by atoms with Crippen LogP contribution in [0.4, 0.5) is 0 Å². The highest BCUT2D eigenvalue weighted by atomic mass is 15.1. The first-order valence-electron chi connectivity index (χ1n) is 6.91. The van der Waals surface area contributed by atoms with Crippen molar-refractivity contribution < 1.29 is 0 Å². The lowest BCUT2D eigenvalue weighted by molar-refractivity contribution is 0.295. The van der Waals surface area contributed by atoms with Crippen LogP contribution in [0.3, 0.4) is 0 Å². The number of hydrogen-bond acceptors (Lipinski definition) is 2. The largest absolute Gasteiger partial charge is 0.287 e. The van der Waals surface area contributed by atoms with Gasteiger partial charge in [0.25, 0.3) is 0 Å². The van der Waals surface area contributed by atoms with Crippen molar-refractivity contribution in [3.8, 4) is 6.07 Å². The summed E-state index contributed by atoms with van der Waals surface area (Å²) in [6.07, 6.45) is 0.960. The van der Waals surface area contributed by atoms with Crippen LogP contribution in [0.1, 0.15) is 22.7 Å². The Morgan fingerprint density at radius 1 is 1.05 bits per heavy atom. The summed E-state index contributed by atoms with van der Waals surface area (Å²) in [5, 5.41) is 9.42. The highest BCUT2D eigenvalue weighted by molar-refractivity contribution is 5.27. The van der Waals surface area contributed by atoms with Crippen molar-refractivity contribution in [2.24, 2.45) is 0 Å². The van der Waals surface area contributed by atoms with Crippen LogP contribution in [0.5, 0.6) is 0 Å². The molecular formula is C18H20N2. The topological polar surface area (TPSA) is 27.0 Å². The van der Waals surface area contributed by atoms with E-state index in [0.29, 0.717) is 0 Å². The molecule has 1 atom stereocenters. The Bertz CT molecular complexity index is 567. The fourth-order valence-electron chi connectivity index (χ4n) is 2.26. The van der Waals surface area contributed by atoms with Crippen molar-refractivity contribution in [2.75, 3.05) is 13.6 Å². The van der Waals surface area contributed by atoms with Gasteiger partial charge < -0.3 is 0 Å². The summed E-state index contributed by atoms with van der Waals surface area (Å²) in [7, 11) is 2.01. The van der Waals surface area contributed by atoms with Crippen molar-refractivity contribution in [3.63, 3.8) is 0 Å². The van der Waals surface area contributed by atoms with Gasteiger partial charge in [-0.1, -0.05) is 60.2 Å². The van der Waals surface area contributed by atoms with Gasteiger partial charge in [-0.05, 0) is 31.5 Å². The minimum Gasteiger partial charge on any atom is -0.287 e. The average Bonchev–Trinajstić information content (AvgIpc) is 2.49. The summed E-state index contributed by atoms with van der Waals surface area (Å²) in [4.78, 5) is 2.11. The predicted molar refractivity (Wildman–Crippen MR) is 82.3 cm³/mol. The first-order valence-corrected chi connectivity index (χ1v) is 6.91. The van der Waals surface area contributed by atoms with E-state index in [4.69, 9.17) is 0 Å². The van der Waals surface area contributed by atoms with Gasteiger partial charge in [-0.15, -0.1) is 0 Å². The Kier molecular flexibility index (Phi) is 4.92. The third kappa shape index (κ3) is 3.69. The van der Waals surface area contributed by atoms with Crippen LogP contribution >= 0.6 is 0 Å². The van der Waals surface area contributed by atoms with Gasteiger partial charge in [-0.2, -0.15) is 5.26 Å². The van der Waals surface area contributed by atoms with Gasteiger partial charge in [0.1, 0.15) is 6.04 Å². The Labute approximate surface area is 121 Å². The van der Waals surface area contributed by atoms with Gasteiger partial charge in [0.15, 0.2) is 0 Å². The molecule has 0 amide bonds. The van der Waals surface area contributed by atoms with Gasteiger partial charge in [0.2, 0.25) is 0 Å². The molecule has 102 valence electrons. The summed E-state index contributed by atoms with van der Waals surface area (Å²) >= 11 is 0. The molecule has 0 aliphatic heterocycles. The molecule has 2 rings (SSSR count). The monoisotopic (exact) mass is 264 g/mol. The molecule has 0 saturated carbocycles. The standard InChI is InChI=1S/C18H20N2/c1-15-8-10-17(11-9-15)18(14-19)20(2)13-12-16-6-4-3-5-7-16/h3-11,18H,12-13H2,1-2H3. The molecule has 0 spiro atoms. The highest BCUT2D eigenvalue weighted by Crippen LogP contribution is 2.19. The van der Waals surface area contributed by atoms with Crippen LogP contribution in [0.25, 0.3) is 0 Å². The zero-order valence-corrected chi connectivity index (χ0v) is 12.1. The first kappa shape index (κ1) is 14.3. The number of nitrogens with zero attached hydrogens (tertiary/aromatic N) is 2. The summed E-state index contributed by atoms with van der Waals surface area (Å²) in [6, 6.07) is 20.8. The molecular weight excluding hydrogens is 244 g/mol. The Balaban J connectivity index is 2.01. The molecule has 2 heteroatoms. The van der Waals surface area contributed by atoms with Gasteiger partial charge in [0.05, 0.1) is 6.07 Å². The lowest BCUT2D eigenvalue weighted by Crippen LogP contribution is -2.25. The van der Waals surface area contributed by atoms with E-state index in [9.17, 15) is 5.26 Å². The molecule has 0 heterocycles. The second-order valence-electron chi connectivity index (χ2n) is 5.16. The van der Waals surface area contributed by atoms with Crippen LogP contribution in [-0.2, 0) is 6.42 Å². The molecule has 0 bridgehead atoms. The molecule has 0 radical (unpaired) electrons. The fraction of sp³-hybridized carbons (Fsp3) is 0.278. The molecule has 0 aromatic heterocycles. The quantitative estimate of drug-likeness (QED) is 0.822. The van der Waals surface area contributed by atoms with E-state index >= 15 is 0 Å². The second-order valence-corrected chi connectivity index (χ2v) is 5.16. The van der Waals surface area contributed by atoms with Crippen molar-refractivity contribution in [2.45, 2.75) is 19.4 Å². The number of benzene rings is 2. The van der Waals surface area contributed by atoms with E-state index < -0.39 is 0 Å². The maximum atomic E-state index is 9.42. The SMILES string of the molecule is Cc1ccc(C(C#N)N(C)CCc2ccccc2)cc1. The van der Waals surface area contributed by atoms with E-state index in [0.717, 1.165) is 18.5 Å². The van der Waals surface area contributed by atoms with E-state index in [1.54, 1.807) is 0 Å². The molecule has 0 aliphatic carbocycles. The molecule has 2 nitrogen and oxygen atoms in total. The predicted octanol–water partition coefficient (Wildman–Crippen LogP) is 3.73. The van der Waals surface area contributed by atoms with Crippen molar-refractivity contribution in [1.82, 2.24) is 4.90 Å². The number of hydrogen-bond donors (Lipinski definition) is 0. The summed E-state index contributed by atoms with van der Waals surface area (Å²) < 4.78 is 0. The maximum Gasteiger partial charge on any atom is 0.123 e. The second kappa shape index (κ2) is 6.88. The van der Waals surface area contributed by atoms with Gasteiger partial charge >= 0.3 is 0 Å². The first-order chi connectivity index (χ1) is 9.70. The molecule has 0 aliphatic rings. The molecule has 20 heavy (non-hydrogen) atoms. The molecule has 2 aromatic rings. The van der Waals surface area contributed by atoms with Crippen LogP contribution < -0.4 is 0 Å². The number of likely N-dealkylation sites (N-methyl/N-ethyl adjacent to an activating group) is 1. The lowest BCUT2D eigenvalue weighted by Gasteiger charge is -2.22. The minimum atomic E-state index is -0.181. The zero-order chi connectivity index (χ0) is 14.4. The third-order valence-electron chi connectivity index (χ3n) is 3.55. The number of aryl methyl sites for hydroxylation is 1. The van der Waals surface area contributed by atoms with E-state index in [1.165, 1.54) is 11.1 Å². The van der Waals surface area contributed by atoms with Crippen molar-refractivity contribution in [1.29, 1.82) is 5.26 Å². The Morgan fingerprint density at radius 2 is 1.70 bits per heavy atom. The van der Waals surface area contributed by atoms with Crippen LogP contribution in [0.2, 0.25) is 0 Å². The summed E-state index contributed by atoms with van der Waals surface area (Å²) in [6.45, 7) is 2.93. The molecule has 0 saturated heterocycles. The third-order valence-corrected chi connectivity index (χ3v) is 3.55. The van der Waals surface area contributed by atoms with Gasteiger partial charge in [0, 0.05) is 6.54 Å². The zero-order valence-electron chi connectivity index (χ0n) is 12.1. The number of rotatable bonds is 5. The Morgan fingerprint density at radius 3 is 2.30 bits per heavy atom. The van der Waals surface area contributed by atoms with E-state index in [2.05, 4.69) is 54.3 Å². The van der Waals surface area contributed by atoms with Crippen LogP contribution in [-0.4, -0.2) is 18.5 Å². The number of nitriles is 1. The highest BCUT2D eigenvalue weighted by Gasteiger charge is 2.15. The van der Waals surface area contributed by atoms with E-state index in [-0.39, 0.29) is 6.04 Å². The maximum absolute atomic E-state index is 9.42. The van der Waals surface area contributed by atoms with Gasteiger partial charge in [-0.3, -0.25) is 4.90 Å². The minimum absolute atomic E-state index is 0.181. The summed E-state index contributed by atoms with van der Waals surface area (Å²) in [5.41, 5.74) is 3.59. The Hall–Kier alpha value is -2.11. The lowest BCUT2D eigenvalue weighted by atomic mass is 10.0. The molecule has 0 fully saturated rings.